The van der Waals surface area contributed by atoms with Gasteiger partial charge in [0.1, 0.15) is 54.9 Å². The third-order valence-corrected chi connectivity index (χ3v) is 6.53. The fourth-order valence-corrected chi connectivity index (χ4v) is 4.41. The molecule has 3 aliphatic rings. The number of hydrogen-bond acceptors (Lipinski definition) is 15. The fourth-order valence-electron chi connectivity index (χ4n) is 4.41. The van der Waals surface area contributed by atoms with Crippen LogP contribution in [0.1, 0.15) is 6.42 Å². The highest BCUT2D eigenvalue weighted by molar-refractivity contribution is 5.01. The lowest BCUT2D eigenvalue weighted by atomic mass is 9.84. The molecule has 0 spiro atoms. The molecule has 33 heavy (non-hydrogen) atoms. The van der Waals surface area contributed by atoms with Crippen LogP contribution in [0.5, 0.6) is 0 Å². The lowest BCUT2D eigenvalue weighted by Gasteiger charge is -2.48. The predicted molar refractivity (Wildman–Crippen MR) is 110 cm³/mol. The Kier molecular flexibility index (Phi) is 8.99. The van der Waals surface area contributed by atoms with Crippen molar-refractivity contribution in [3.05, 3.63) is 0 Å². The van der Waals surface area contributed by atoms with Gasteiger partial charge in [0.25, 0.3) is 0 Å². The van der Waals surface area contributed by atoms with Crippen LogP contribution in [0.15, 0.2) is 0 Å². The first-order chi connectivity index (χ1) is 15.5. The molecule has 0 aromatic rings. The summed E-state index contributed by atoms with van der Waals surface area (Å²) in [5, 5.41) is 61.5. The molecule has 0 aromatic heterocycles. The molecule has 1 aliphatic carbocycles. The molecular formula is C18H37N5O10. The summed E-state index contributed by atoms with van der Waals surface area (Å²) in [4.78, 5) is 0. The number of rotatable bonds is 6. The molecule has 0 radical (unpaired) electrons. The highest BCUT2D eigenvalue weighted by Crippen LogP contribution is 2.31. The van der Waals surface area contributed by atoms with Crippen LogP contribution in [0.25, 0.3) is 0 Å². The molecule has 16 N–H and O–H groups in total. The lowest BCUT2D eigenvalue weighted by molar-refractivity contribution is -0.338. The van der Waals surface area contributed by atoms with Crippen LogP contribution in [-0.4, -0.2) is 135 Å². The van der Waals surface area contributed by atoms with Gasteiger partial charge in [0.05, 0.1) is 12.1 Å². The predicted octanol–water partition coefficient (Wildman–Crippen LogP) is -7.33. The Labute approximate surface area is 190 Å². The van der Waals surface area contributed by atoms with Crippen molar-refractivity contribution in [3.63, 3.8) is 0 Å². The van der Waals surface area contributed by atoms with Crippen LogP contribution >= 0.6 is 0 Å². The molecule has 0 amide bonds. The zero-order valence-electron chi connectivity index (χ0n) is 18.0. The van der Waals surface area contributed by atoms with Gasteiger partial charge in [-0.1, -0.05) is 0 Å². The van der Waals surface area contributed by atoms with Crippen LogP contribution in [-0.2, 0) is 18.9 Å². The van der Waals surface area contributed by atoms with Crippen molar-refractivity contribution < 1.29 is 49.6 Å². The topological polar surface area (TPSA) is 288 Å². The standard InChI is InChI=1S/C18H37N5O10/c19-2-6-10(25)12(27)8(23)17(30-6)32-15-5(22)1-4(21)9(24)16(15)33-18-14(29)13(28)11(26)7(3-20)31-18/h4-18,24-29H,1-3,19-23H2/t4-,5+,6-,7-,8-,9+,10-,11-,12-,13-,14-,15-,16-,17-,18+/m1/s1. The van der Waals surface area contributed by atoms with E-state index in [1.165, 1.54) is 0 Å². The van der Waals surface area contributed by atoms with Crippen molar-refractivity contribution in [2.24, 2.45) is 28.7 Å². The van der Waals surface area contributed by atoms with Gasteiger partial charge in [0.15, 0.2) is 12.6 Å². The molecule has 3 fully saturated rings. The summed E-state index contributed by atoms with van der Waals surface area (Å²) in [6.45, 7) is -0.305. The van der Waals surface area contributed by atoms with Crippen LogP contribution in [0.2, 0.25) is 0 Å². The Balaban J connectivity index is 1.80. The molecule has 2 aliphatic heterocycles. The minimum atomic E-state index is -1.68. The number of ether oxygens (including phenoxy) is 4. The number of nitrogens with two attached hydrogens (primary N) is 5. The SMILES string of the molecule is NC[C@H]1O[C@@H](O[C@@H]2[C@@H](O)[C@H](N)C[C@H](N)[C@H]2O[C@H]2O[C@H](CN)[C@@H](O)[C@H](O)[C@H]2N)[C@H](O)[C@H](O)[C@@H]1O. The van der Waals surface area contributed by atoms with Gasteiger partial charge in [-0.2, -0.15) is 0 Å². The highest BCUT2D eigenvalue weighted by Gasteiger charge is 2.51. The maximum Gasteiger partial charge on any atom is 0.187 e. The average Bonchev–Trinajstić information content (AvgIpc) is 2.79. The molecule has 15 nitrogen and oxygen atoms in total. The average molecular weight is 484 g/mol. The van der Waals surface area contributed by atoms with Gasteiger partial charge in [-0.05, 0) is 6.42 Å². The normalized spacial score (nSPS) is 53.7. The van der Waals surface area contributed by atoms with Crippen LogP contribution in [0, 0.1) is 0 Å². The van der Waals surface area contributed by atoms with Crippen LogP contribution in [0.4, 0.5) is 0 Å². The number of aliphatic hydroxyl groups excluding tert-OH is 6. The third kappa shape index (κ3) is 5.32. The maximum absolute atomic E-state index is 10.7. The Bertz CT molecular complexity index is 635. The quantitative estimate of drug-likeness (QED) is 0.167. The maximum atomic E-state index is 10.7. The summed E-state index contributed by atoms with van der Waals surface area (Å²) in [5.41, 5.74) is 29.3. The Morgan fingerprint density at radius 3 is 1.70 bits per heavy atom. The second-order valence-corrected chi connectivity index (χ2v) is 8.84. The van der Waals surface area contributed by atoms with Gasteiger partial charge in [-0.3, -0.25) is 0 Å². The van der Waals surface area contributed by atoms with E-state index in [-0.39, 0.29) is 19.5 Å². The van der Waals surface area contributed by atoms with Gasteiger partial charge in [-0.25, -0.2) is 0 Å². The lowest BCUT2D eigenvalue weighted by Crippen LogP contribution is -2.69. The molecule has 0 unspecified atom stereocenters. The van der Waals surface area contributed by atoms with E-state index in [1.54, 1.807) is 0 Å². The summed E-state index contributed by atoms with van der Waals surface area (Å²) < 4.78 is 22.7. The molecule has 3 rings (SSSR count). The summed E-state index contributed by atoms with van der Waals surface area (Å²) >= 11 is 0. The smallest absolute Gasteiger partial charge is 0.187 e. The Morgan fingerprint density at radius 2 is 1.12 bits per heavy atom. The van der Waals surface area contributed by atoms with Gasteiger partial charge in [0.2, 0.25) is 0 Å². The second-order valence-electron chi connectivity index (χ2n) is 8.84. The first-order valence-electron chi connectivity index (χ1n) is 10.9. The van der Waals surface area contributed by atoms with Crippen molar-refractivity contribution in [1.82, 2.24) is 0 Å². The molecule has 2 saturated heterocycles. The summed E-state index contributed by atoms with van der Waals surface area (Å²) in [7, 11) is 0. The number of aliphatic hydroxyl groups is 6. The molecular weight excluding hydrogens is 446 g/mol. The first-order valence-corrected chi connectivity index (χ1v) is 10.9. The Hall–Kier alpha value is -0.600. The number of hydrogen-bond donors (Lipinski definition) is 11. The minimum Gasteiger partial charge on any atom is -0.389 e. The van der Waals surface area contributed by atoms with Crippen LogP contribution < -0.4 is 28.7 Å². The van der Waals surface area contributed by atoms with Crippen molar-refractivity contribution >= 4 is 0 Å². The molecule has 194 valence electrons. The summed E-state index contributed by atoms with van der Waals surface area (Å²) in [6, 6.07) is -2.80. The molecule has 2 heterocycles. The van der Waals surface area contributed by atoms with E-state index in [4.69, 9.17) is 47.6 Å². The fraction of sp³-hybridized carbons (Fsp3) is 1.00. The van der Waals surface area contributed by atoms with E-state index in [1.807, 2.05) is 0 Å². The van der Waals surface area contributed by atoms with Crippen molar-refractivity contribution in [3.8, 4) is 0 Å². The van der Waals surface area contributed by atoms with E-state index >= 15 is 0 Å². The largest absolute Gasteiger partial charge is 0.389 e. The third-order valence-electron chi connectivity index (χ3n) is 6.53. The van der Waals surface area contributed by atoms with Gasteiger partial charge < -0.3 is 78.3 Å². The summed E-state index contributed by atoms with van der Waals surface area (Å²) in [6.07, 6.45) is -15.9. The van der Waals surface area contributed by atoms with Crippen LogP contribution in [0.3, 0.4) is 0 Å². The van der Waals surface area contributed by atoms with Gasteiger partial charge >= 0.3 is 0 Å². The zero-order valence-corrected chi connectivity index (χ0v) is 18.0. The highest BCUT2D eigenvalue weighted by atomic mass is 16.7. The first kappa shape index (κ1) is 27.0. The van der Waals surface area contributed by atoms with Crippen molar-refractivity contribution in [2.75, 3.05) is 13.1 Å². The van der Waals surface area contributed by atoms with Crippen molar-refractivity contribution in [1.29, 1.82) is 0 Å². The zero-order chi connectivity index (χ0) is 24.6. The van der Waals surface area contributed by atoms with E-state index in [0.29, 0.717) is 0 Å². The molecule has 0 aromatic carbocycles. The van der Waals surface area contributed by atoms with Crippen molar-refractivity contribution in [2.45, 2.75) is 98.2 Å². The molecule has 15 heteroatoms. The Morgan fingerprint density at radius 1 is 0.606 bits per heavy atom. The molecule has 15 atom stereocenters. The van der Waals surface area contributed by atoms with Gasteiger partial charge in [0, 0.05) is 25.2 Å². The monoisotopic (exact) mass is 483 g/mol. The molecule has 1 saturated carbocycles. The van der Waals surface area contributed by atoms with E-state index in [9.17, 15) is 30.6 Å². The van der Waals surface area contributed by atoms with Gasteiger partial charge in [-0.15, -0.1) is 0 Å². The summed E-state index contributed by atoms with van der Waals surface area (Å²) in [5.74, 6) is 0. The second kappa shape index (κ2) is 11.0. The van der Waals surface area contributed by atoms with E-state index < -0.39 is 91.7 Å². The molecule has 0 bridgehead atoms. The van der Waals surface area contributed by atoms with E-state index in [2.05, 4.69) is 0 Å². The van der Waals surface area contributed by atoms with E-state index in [0.717, 1.165) is 0 Å². The minimum absolute atomic E-state index is 0.125.